The van der Waals surface area contributed by atoms with Gasteiger partial charge < -0.3 is 48.5 Å². The SMILES string of the molecule is CC(C)C(=O)O[C@H]1[C@H](C)O[C@@H](O[C@@H]2C[C@H](O[C@@H]3C[C@H](OC4CCCCC4)O[C@H](C)[C@H]3O)O[C@H](C)[C@H]2O)C[C@]1(C)O. The molecule has 4 rings (SSSR count). The Balaban J connectivity index is 1.35. The highest BCUT2D eigenvalue weighted by atomic mass is 16.7. The molecular formula is C29H50O11. The predicted molar refractivity (Wildman–Crippen MR) is 142 cm³/mol. The molecule has 3 saturated heterocycles. The van der Waals surface area contributed by atoms with E-state index >= 15 is 0 Å². The number of hydrogen-bond donors (Lipinski definition) is 3. The largest absolute Gasteiger partial charge is 0.456 e. The minimum absolute atomic E-state index is 0.0493. The second-order valence-corrected chi connectivity index (χ2v) is 12.6. The fourth-order valence-corrected chi connectivity index (χ4v) is 6.15. The second-order valence-electron chi connectivity index (χ2n) is 12.6. The summed E-state index contributed by atoms with van der Waals surface area (Å²) in [4.78, 5) is 12.2. The summed E-state index contributed by atoms with van der Waals surface area (Å²) in [5.41, 5.74) is -1.39. The third-order valence-electron chi connectivity index (χ3n) is 8.56. The van der Waals surface area contributed by atoms with Crippen LogP contribution in [-0.2, 0) is 38.0 Å². The van der Waals surface area contributed by atoms with Crippen molar-refractivity contribution in [3.63, 3.8) is 0 Å². The topological polar surface area (TPSA) is 142 Å². The standard InChI is InChI=1S/C29H50O11/c1-15(2)28(32)40-27-18(5)36-24(14-29(27,6)33)39-21-13-23(35-17(4)26(21)31)38-20-12-22(34-16(3)25(20)30)37-19-10-8-7-9-11-19/h15-27,30-31,33H,7-14H2,1-6H3/t16-,17-,18+,20-,21-,22+,23+,24+,25-,26-,27+,29+/m1/s1. The minimum atomic E-state index is -1.39. The molecule has 40 heavy (non-hydrogen) atoms. The quantitative estimate of drug-likeness (QED) is 0.368. The van der Waals surface area contributed by atoms with Crippen LogP contribution in [0.3, 0.4) is 0 Å². The molecule has 0 unspecified atom stereocenters. The number of rotatable bonds is 8. The zero-order chi connectivity index (χ0) is 29.2. The molecule has 3 aliphatic heterocycles. The molecule has 4 aliphatic rings. The molecule has 4 fully saturated rings. The molecular weight excluding hydrogens is 524 g/mol. The van der Waals surface area contributed by atoms with Gasteiger partial charge in [0, 0.05) is 19.3 Å². The van der Waals surface area contributed by atoms with Gasteiger partial charge in [-0.1, -0.05) is 33.1 Å². The van der Waals surface area contributed by atoms with E-state index in [0.717, 1.165) is 25.7 Å². The Bertz CT molecular complexity index is 816. The van der Waals surface area contributed by atoms with Crippen LogP contribution in [0.2, 0.25) is 0 Å². The molecule has 3 N–H and O–H groups in total. The average molecular weight is 575 g/mol. The van der Waals surface area contributed by atoms with Crippen molar-refractivity contribution in [2.24, 2.45) is 5.92 Å². The molecule has 0 amide bonds. The van der Waals surface area contributed by atoms with E-state index in [0.29, 0.717) is 6.42 Å². The van der Waals surface area contributed by atoms with Gasteiger partial charge >= 0.3 is 5.97 Å². The van der Waals surface area contributed by atoms with Gasteiger partial charge in [0.1, 0.15) is 17.8 Å². The van der Waals surface area contributed by atoms with Gasteiger partial charge in [0.05, 0.1) is 42.5 Å². The number of carbonyl (C=O) groups excluding carboxylic acids is 1. The smallest absolute Gasteiger partial charge is 0.308 e. The van der Waals surface area contributed by atoms with Crippen molar-refractivity contribution in [1.29, 1.82) is 0 Å². The average Bonchev–Trinajstić information content (AvgIpc) is 2.87. The van der Waals surface area contributed by atoms with Gasteiger partial charge in [-0.25, -0.2) is 0 Å². The van der Waals surface area contributed by atoms with Gasteiger partial charge in [-0.05, 0) is 40.5 Å². The third-order valence-corrected chi connectivity index (χ3v) is 8.56. The van der Waals surface area contributed by atoms with Gasteiger partial charge in [-0.2, -0.15) is 0 Å². The maximum absolute atomic E-state index is 12.2. The summed E-state index contributed by atoms with van der Waals surface area (Å²) in [5.74, 6) is -0.746. The highest BCUT2D eigenvalue weighted by Crippen LogP contribution is 2.36. The summed E-state index contributed by atoms with van der Waals surface area (Å²) < 4.78 is 42.0. The summed E-state index contributed by atoms with van der Waals surface area (Å²) in [5, 5.41) is 32.8. The predicted octanol–water partition coefficient (Wildman–Crippen LogP) is 2.55. The molecule has 0 aromatic carbocycles. The lowest BCUT2D eigenvalue weighted by Gasteiger charge is -2.46. The van der Waals surface area contributed by atoms with E-state index in [1.807, 2.05) is 0 Å². The first-order valence-electron chi connectivity index (χ1n) is 15.1. The van der Waals surface area contributed by atoms with Crippen LogP contribution in [-0.4, -0.2) is 101 Å². The Morgan fingerprint density at radius 2 is 1.30 bits per heavy atom. The summed E-state index contributed by atoms with van der Waals surface area (Å²) in [6, 6.07) is 0. The van der Waals surface area contributed by atoms with E-state index in [1.165, 1.54) is 6.42 Å². The van der Waals surface area contributed by atoms with Gasteiger partial charge in [0.15, 0.2) is 25.0 Å². The fourth-order valence-electron chi connectivity index (χ4n) is 6.15. The van der Waals surface area contributed by atoms with Crippen LogP contribution < -0.4 is 0 Å². The van der Waals surface area contributed by atoms with Crippen LogP contribution in [0.4, 0.5) is 0 Å². The monoisotopic (exact) mass is 574 g/mol. The molecule has 12 atom stereocenters. The Hall–Kier alpha value is -0.890. The molecule has 0 bridgehead atoms. The fraction of sp³-hybridized carbons (Fsp3) is 0.966. The molecule has 3 heterocycles. The summed E-state index contributed by atoms with van der Waals surface area (Å²) in [6.07, 6.45) is -1.39. The number of esters is 1. The molecule has 11 nitrogen and oxygen atoms in total. The van der Waals surface area contributed by atoms with Crippen LogP contribution in [0.25, 0.3) is 0 Å². The lowest BCUT2D eigenvalue weighted by Crippen LogP contribution is -2.59. The lowest BCUT2D eigenvalue weighted by atomic mass is 9.88. The van der Waals surface area contributed by atoms with Gasteiger partial charge in [0.2, 0.25) is 0 Å². The lowest BCUT2D eigenvalue weighted by molar-refractivity contribution is -0.335. The van der Waals surface area contributed by atoms with Crippen LogP contribution in [0, 0.1) is 5.92 Å². The third kappa shape index (κ3) is 7.93. The molecule has 1 aliphatic carbocycles. The van der Waals surface area contributed by atoms with Crippen molar-refractivity contribution in [3.8, 4) is 0 Å². The van der Waals surface area contributed by atoms with Crippen molar-refractivity contribution in [2.45, 2.75) is 172 Å². The van der Waals surface area contributed by atoms with E-state index < -0.39 is 79.3 Å². The van der Waals surface area contributed by atoms with Gasteiger partial charge in [0.25, 0.3) is 0 Å². The normalized spacial score (nSPS) is 45.4. The Kier molecular flexibility index (Phi) is 10.9. The highest BCUT2D eigenvalue weighted by Gasteiger charge is 2.49. The number of aliphatic hydroxyl groups is 3. The first-order valence-corrected chi connectivity index (χ1v) is 15.1. The first kappa shape index (κ1) is 32.0. The van der Waals surface area contributed by atoms with Gasteiger partial charge in [-0.3, -0.25) is 4.79 Å². The summed E-state index contributed by atoms with van der Waals surface area (Å²) >= 11 is 0. The van der Waals surface area contributed by atoms with E-state index in [2.05, 4.69) is 0 Å². The highest BCUT2D eigenvalue weighted by molar-refractivity contribution is 5.71. The molecule has 232 valence electrons. The molecule has 0 aromatic heterocycles. The number of hydrogen-bond acceptors (Lipinski definition) is 11. The van der Waals surface area contributed by atoms with Crippen molar-refractivity contribution in [3.05, 3.63) is 0 Å². The van der Waals surface area contributed by atoms with Crippen molar-refractivity contribution < 1.29 is 53.3 Å². The van der Waals surface area contributed by atoms with E-state index in [-0.39, 0.29) is 24.9 Å². The van der Waals surface area contributed by atoms with E-state index in [1.54, 1.807) is 41.5 Å². The molecule has 1 saturated carbocycles. The maximum Gasteiger partial charge on any atom is 0.308 e. The Labute approximate surface area is 237 Å². The summed E-state index contributed by atoms with van der Waals surface area (Å²) in [7, 11) is 0. The molecule has 11 heteroatoms. The first-order chi connectivity index (χ1) is 18.8. The number of aliphatic hydroxyl groups excluding tert-OH is 2. The second kappa shape index (κ2) is 13.6. The van der Waals surface area contributed by atoms with Crippen molar-refractivity contribution in [2.75, 3.05) is 0 Å². The Morgan fingerprint density at radius 3 is 1.82 bits per heavy atom. The van der Waals surface area contributed by atoms with Crippen molar-refractivity contribution >= 4 is 5.97 Å². The van der Waals surface area contributed by atoms with Crippen LogP contribution in [0.1, 0.15) is 92.9 Å². The number of ether oxygens (including phenoxy) is 7. The van der Waals surface area contributed by atoms with Crippen LogP contribution >= 0.6 is 0 Å². The zero-order valence-electron chi connectivity index (χ0n) is 24.8. The molecule has 0 aromatic rings. The van der Waals surface area contributed by atoms with E-state index in [9.17, 15) is 20.1 Å². The maximum atomic E-state index is 12.2. The minimum Gasteiger partial charge on any atom is -0.456 e. The van der Waals surface area contributed by atoms with Gasteiger partial charge in [-0.15, -0.1) is 0 Å². The summed E-state index contributed by atoms with van der Waals surface area (Å²) in [6.45, 7) is 10.3. The molecule has 0 radical (unpaired) electrons. The van der Waals surface area contributed by atoms with Crippen LogP contribution in [0.5, 0.6) is 0 Å². The van der Waals surface area contributed by atoms with Crippen molar-refractivity contribution in [1.82, 2.24) is 0 Å². The molecule has 0 spiro atoms. The van der Waals surface area contributed by atoms with E-state index in [4.69, 9.17) is 33.2 Å². The zero-order valence-corrected chi connectivity index (χ0v) is 24.8. The number of carbonyl (C=O) groups is 1. The van der Waals surface area contributed by atoms with Crippen LogP contribution in [0.15, 0.2) is 0 Å². The Morgan fingerprint density at radius 1 is 0.800 bits per heavy atom.